The van der Waals surface area contributed by atoms with Gasteiger partial charge in [-0.2, -0.15) is 5.01 Å². The van der Waals surface area contributed by atoms with Crippen LogP contribution in [0.4, 0.5) is 5.69 Å². The van der Waals surface area contributed by atoms with Gasteiger partial charge in [0.2, 0.25) is 0 Å². The first-order valence-corrected chi connectivity index (χ1v) is 12.5. The monoisotopic (exact) mass is 437 g/mol. The Balaban J connectivity index is 1.55. The van der Waals surface area contributed by atoms with Gasteiger partial charge in [-0.05, 0) is 49.1 Å². The molecule has 0 spiro atoms. The van der Waals surface area contributed by atoms with Gasteiger partial charge in [0.25, 0.3) is 11.8 Å². The lowest BCUT2D eigenvalue weighted by Crippen LogP contribution is -2.53. The number of imide groups is 1. The fourth-order valence-electron chi connectivity index (χ4n) is 6.04. The molecule has 2 heterocycles. The largest absolute Gasteiger partial charge is 0.320 e. The van der Waals surface area contributed by atoms with Gasteiger partial charge >= 0.3 is 0 Å². The number of nitrogens with zero attached hydrogens (tertiary/aromatic N) is 3. The van der Waals surface area contributed by atoms with Gasteiger partial charge in [-0.25, -0.2) is 0 Å². The molecular weight excluding hydrogens is 406 g/mol. The van der Waals surface area contributed by atoms with Crippen molar-refractivity contribution in [1.82, 2.24) is 5.01 Å². The molecule has 2 amide bonds. The Kier molecular flexibility index (Phi) is 5.04. The maximum atomic E-state index is 13.7. The van der Waals surface area contributed by atoms with Gasteiger partial charge in [0.1, 0.15) is 0 Å². The summed E-state index contributed by atoms with van der Waals surface area (Å²) in [5.41, 5.74) is 0.568. The van der Waals surface area contributed by atoms with Crippen molar-refractivity contribution in [3.8, 4) is 0 Å². The number of para-hydroxylation sites is 1. The van der Waals surface area contributed by atoms with E-state index in [-0.39, 0.29) is 34.5 Å². The number of thioether (sulfide) groups is 1. The Morgan fingerprint density at radius 1 is 1.03 bits per heavy atom. The fraction of sp³-hybridized carbons (Fsp3) is 0.560. The molecular formula is C25H31N3O2S. The summed E-state index contributed by atoms with van der Waals surface area (Å²) in [5, 5.41) is 6.77. The zero-order valence-corrected chi connectivity index (χ0v) is 19.4. The molecule has 2 aliphatic heterocycles. The summed E-state index contributed by atoms with van der Waals surface area (Å²) in [4.78, 5) is 29.5. The Bertz CT molecular complexity index is 959. The van der Waals surface area contributed by atoms with E-state index in [0.717, 1.165) is 48.8 Å². The van der Waals surface area contributed by atoms with Crippen LogP contribution in [-0.4, -0.2) is 34.3 Å². The molecule has 1 saturated carbocycles. The number of hydrogen-bond acceptors (Lipinski definition) is 4. The lowest BCUT2D eigenvalue weighted by atomic mass is 9.46. The van der Waals surface area contributed by atoms with Crippen LogP contribution in [0, 0.1) is 28.6 Å². The standard InChI is InChI=1S/C25H31N3O2S/c1-17(2)25-13-11-24(3,12-14-25)19-20(25)22(30)28(21(19)29)26-23-27(15-7-8-16-31-23)18-9-5-4-6-10-18/h4-6,9-11,13,17,19-20H,7-8,12,14-16H2,1-3H3/b26-23-/t19-,20+,24+,25-/m1/s1. The Morgan fingerprint density at radius 3 is 2.45 bits per heavy atom. The molecule has 6 rings (SSSR count). The highest BCUT2D eigenvalue weighted by Crippen LogP contribution is 2.64. The van der Waals surface area contributed by atoms with E-state index in [4.69, 9.17) is 5.10 Å². The summed E-state index contributed by atoms with van der Waals surface area (Å²) < 4.78 is 0. The average Bonchev–Trinajstić information content (AvgIpc) is 2.93. The second-order valence-electron chi connectivity index (χ2n) is 9.98. The molecule has 5 nitrogen and oxygen atoms in total. The molecule has 2 bridgehead atoms. The first-order chi connectivity index (χ1) is 14.9. The number of fused-ring (bicyclic) bond motifs is 1. The van der Waals surface area contributed by atoms with Gasteiger partial charge in [-0.15, -0.1) is 5.10 Å². The minimum Gasteiger partial charge on any atom is -0.320 e. The quantitative estimate of drug-likeness (QED) is 0.498. The smallest absolute Gasteiger partial charge is 0.254 e. The van der Waals surface area contributed by atoms with Crippen LogP contribution in [0.5, 0.6) is 0 Å². The summed E-state index contributed by atoms with van der Waals surface area (Å²) >= 11 is 1.65. The number of amidine groups is 1. The van der Waals surface area contributed by atoms with Gasteiger partial charge in [-0.1, -0.05) is 62.9 Å². The molecule has 0 N–H and O–H groups in total. The van der Waals surface area contributed by atoms with Crippen LogP contribution >= 0.6 is 11.8 Å². The van der Waals surface area contributed by atoms with E-state index >= 15 is 0 Å². The van der Waals surface area contributed by atoms with Crippen molar-refractivity contribution >= 4 is 34.4 Å². The Morgan fingerprint density at radius 2 is 1.77 bits per heavy atom. The number of carbonyl (C=O) groups excluding carboxylic acids is 2. The van der Waals surface area contributed by atoms with Crippen LogP contribution in [0.25, 0.3) is 0 Å². The SMILES string of the molecule is CC(C)[C@@]12C=C[C@@](C)(CC1)[C@H]1C(=O)N(/N=C3\SCCCCN3c3ccccc3)C(=O)[C@H]12. The van der Waals surface area contributed by atoms with Gasteiger partial charge < -0.3 is 4.90 Å². The van der Waals surface area contributed by atoms with Crippen LogP contribution < -0.4 is 4.90 Å². The third-order valence-corrected chi connectivity index (χ3v) is 9.06. The summed E-state index contributed by atoms with van der Waals surface area (Å²) in [6, 6.07) is 10.2. The molecule has 6 heteroatoms. The normalized spacial score (nSPS) is 36.5. The predicted octanol–water partition coefficient (Wildman–Crippen LogP) is 4.90. The average molecular weight is 438 g/mol. The molecule has 1 aromatic rings. The molecule has 5 aliphatic rings. The van der Waals surface area contributed by atoms with Crippen molar-refractivity contribution in [2.24, 2.45) is 33.7 Å². The third-order valence-electron chi connectivity index (χ3n) is 8.01. The molecule has 2 saturated heterocycles. The summed E-state index contributed by atoms with van der Waals surface area (Å²) in [6.07, 6.45) is 8.55. The minimum absolute atomic E-state index is 0.107. The zero-order valence-electron chi connectivity index (χ0n) is 18.6. The molecule has 31 heavy (non-hydrogen) atoms. The molecule has 164 valence electrons. The van der Waals surface area contributed by atoms with Crippen molar-refractivity contribution in [2.45, 2.75) is 46.5 Å². The molecule has 0 aromatic heterocycles. The molecule has 3 fully saturated rings. The van der Waals surface area contributed by atoms with E-state index in [1.807, 2.05) is 18.2 Å². The van der Waals surface area contributed by atoms with Gasteiger partial charge in [0, 0.05) is 23.4 Å². The maximum absolute atomic E-state index is 13.7. The van der Waals surface area contributed by atoms with Gasteiger partial charge in [-0.3, -0.25) is 9.59 Å². The minimum atomic E-state index is -0.300. The predicted molar refractivity (Wildman–Crippen MR) is 126 cm³/mol. The van der Waals surface area contributed by atoms with Crippen molar-refractivity contribution < 1.29 is 9.59 Å². The molecule has 4 atom stereocenters. The topological polar surface area (TPSA) is 53.0 Å². The maximum Gasteiger partial charge on any atom is 0.254 e. The number of anilines is 1. The lowest BCUT2D eigenvalue weighted by Gasteiger charge is -2.55. The van der Waals surface area contributed by atoms with E-state index in [1.54, 1.807) is 11.8 Å². The van der Waals surface area contributed by atoms with E-state index in [9.17, 15) is 9.59 Å². The molecule has 0 unspecified atom stereocenters. The van der Waals surface area contributed by atoms with E-state index in [2.05, 4.69) is 50.0 Å². The number of benzene rings is 1. The number of carbonyl (C=O) groups is 2. The number of rotatable bonds is 3. The van der Waals surface area contributed by atoms with Crippen LogP contribution in [0.3, 0.4) is 0 Å². The highest BCUT2D eigenvalue weighted by Gasteiger charge is 2.67. The van der Waals surface area contributed by atoms with Gasteiger partial charge in [0.05, 0.1) is 11.8 Å². The van der Waals surface area contributed by atoms with Crippen molar-refractivity contribution in [3.05, 3.63) is 42.5 Å². The third kappa shape index (κ3) is 3.09. The van der Waals surface area contributed by atoms with E-state index in [1.165, 1.54) is 5.01 Å². The van der Waals surface area contributed by atoms with Crippen molar-refractivity contribution in [3.63, 3.8) is 0 Å². The number of hydrogen-bond donors (Lipinski definition) is 0. The first-order valence-electron chi connectivity index (χ1n) is 11.5. The molecule has 1 aromatic carbocycles. The van der Waals surface area contributed by atoms with Crippen molar-refractivity contribution in [2.75, 3.05) is 17.2 Å². The van der Waals surface area contributed by atoms with Crippen LogP contribution in [0.1, 0.15) is 46.5 Å². The Labute approximate surface area is 188 Å². The second-order valence-corrected chi connectivity index (χ2v) is 11.0. The number of hydrazone groups is 1. The highest BCUT2D eigenvalue weighted by molar-refractivity contribution is 8.14. The van der Waals surface area contributed by atoms with E-state index in [0.29, 0.717) is 5.92 Å². The highest BCUT2D eigenvalue weighted by atomic mass is 32.2. The second kappa shape index (κ2) is 7.51. The van der Waals surface area contributed by atoms with Crippen LogP contribution in [-0.2, 0) is 9.59 Å². The van der Waals surface area contributed by atoms with Gasteiger partial charge in [0.15, 0.2) is 5.17 Å². The van der Waals surface area contributed by atoms with E-state index < -0.39 is 0 Å². The summed E-state index contributed by atoms with van der Waals surface area (Å²) in [5.74, 6) is 0.431. The summed E-state index contributed by atoms with van der Waals surface area (Å²) in [7, 11) is 0. The number of amides is 2. The number of allylic oxidation sites excluding steroid dienone is 2. The van der Waals surface area contributed by atoms with Crippen LogP contribution in [0.15, 0.2) is 47.6 Å². The lowest BCUT2D eigenvalue weighted by molar-refractivity contribution is -0.140. The molecule has 0 radical (unpaired) electrons. The molecule has 3 aliphatic carbocycles. The summed E-state index contributed by atoms with van der Waals surface area (Å²) in [6.45, 7) is 7.34. The zero-order chi connectivity index (χ0) is 21.8. The van der Waals surface area contributed by atoms with Crippen molar-refractivity contribution in [1.29, 1.82) is 0 Å². The van der Waals surface area contributed by atoms with Crippen LogP contribution in [0.2, 0.25) is 0 Å². The Hall–Kier alpha value is -2.08. The first kappa shape index (κ1) is 20.8. The fourth-order valence-corrected chi connectivity index (χ4v) is 7.06.